The second-order valence-corrected chi connectivity index (χ2v) is 7.88. The third-order valence-corrected chi connectivity index (χ3v) is 6.28. The van der Waals surface area contributed by atoms with Crippen LogP contribution in [0.1, 0.15) is 37.7 Å². The summed E-state index contributed by atoms with van der Waals surface area (Å²) in [6.07, 6.45) is 2.34. The van der Waals surface area contributed by atoms with Gasteiger partial charge in [-0.15, -0.1) is 0 Å². The average Bonchev–Trinajstić information content (AvgIpc) is 2.72. The average molecular weight is 387 g/mol. The molecular weight excluding hydrogens is 358 g/mol. The van der Waals surface area contributed by atoms with Crippen molar-refractivity contribution in [1.29, 1.82) is 0 Å². The summed E-state index contributed by atoms with van der Waals surface area (Å²) in [7, 11) is 0. The highest BCUT2D eigenvalue weighted by molar-refractivity contribution is 5.97. The van der Waals surface area contributed by atoms with Crippen molar-refractivity contribution in [2.24, 2.45) is 5.92 Å². The Hall–Kier alpha value is -2.12. The van der Waals surface area contributed by atoms with E-state index in [-0.39, 0.29) is 42.5 Å². The molecule has 0 saturated carbocycles. The van der Waals surface area contributed by atoms with Crippen LogP contribution in [0.5, 0.6) is 0 Å². The zero-order valence-electron chi connectivity index (χ0n) is 16.3. The summed E-state index contributed by atoms with van der Waals surface area (Å²) in [5, 5.41) is 12.9. The predicted molar refractivity (Wildman–Crippen MR) is 105 cm³/mol. The second-order valence-electron chi connectivity index (χ2n) is 7.88. The van der Waals surface area contributed by atoms with Gasteiger partial charge in [-0.3, -0.25) is 4.79 Å². The molecule has 2 saturated heterocycles. The molecule has 2 N–H and O–H groups in total. The molecule has 7 heteroatoms. The van der Waals surface area contributed by atoms with Gasteiger partial charge in [0.1, 0.15) is 0 Å². The fourth-order valence-corrected chi connectivity index (χ4v) is 4.86. The number of carbonyl (C=O) groups is 2. The maximum Gasteiger partial charge on any atom is 0.318 e. The lowest BCUT2D eigenvalue weighted by molar-refractivity contribution is -0.126. The van der Waals surface area contributed by atoms with E-state index < -0.39 is 0 Å². The maximum atomic E-state index is 13.3. The van der Waals surface area contributed by atoms with E-state index in [0.29, 0.717) is 26.3 Å². The Morgan fingerprint density at radius 3 is 2.71 bits per heavy atom. The molecule has 1 aromatic carbocycles. The van der Waals surface area contributed by atoms with Crippen molar-refractivity contribution in [3.05, 3.63) is 29.8 Å². The minimum atomic E-state index is -0.247. The Labute approximate surface area is 165 Å². The van der Waals surface area contributed by atoms with Gasteiger partial charge < -0.3 is 25.0 Å². The number of hydrogen-bond donors (Lipinski definition) is 2. The first-order valence-corrected chi connectivity index (χ1v) is 10.3. The van der Waals surface area contributed by atoms with Crippen LogP contribution < -0.4 is 10.2 Å². The molecule has 1 aromatic rings. The van der Waals surface area contributed by atoms with E-state index in [1.165, 1.54) is 0 Å². The first-order valence-electron chi connectivity index (χ1n) is 10.3. The van der Waals surface area contributed by atoms with E-state index in [9.17, 15) is 14.7 Å². The normalized spacial score (nSPS) is 26.9. The third-order valence-electron chi connectivity index (χ3n) is 6.28. The van der Waals surface area contributed by atoms with E-state index in [1.54, 1.807) is 4.90 Å². The zero-order valence-corrected chi connectivity index (χ0v) is 16.3. The van der Waals surface area contributed by atoms with Gasteiger partial charge in [0.15, 0.2) is 0 Å². The minimum absolute atomic E-state index is 0.0329. The Morgan fingerprint density at radius 2 is 2.00 bits per heavy atom. The van der Waals surface area contributed by atoms with E-state index in [0.717, 1.165) is 30.5 Å². The Balaban J connectivity index is 1.62. The lowest BCUT2D eigenvalue weighted by Gasteiger charge is -2.58. The molecular formula is C21H29N3O4. The van der Waals surface area contributed by atoms with Crippen LogP contribution in [0.3, 0.4) is 0 Å². The van der Waals surface area contributed by atoms with Crippen molar-refractivity contribution in [2.75, 3.05) is 37.8 Å². The summed E-state index contributed by atoms with van der Waals surface area (Å²) in [6, 6.07) is 7.42. The molecule has 3 amide bonds. The molecule has 4 rings (SSSR count). The van der Waals surface area contributed by atoms with E-state index in [2.05, 4.69) is 5.32 Å². The predicted octanol–water partition coefficient (Wildman–Crippen LogP) is 1.71. The van der Waals surface area contributed by atoms with E-state index >= 15 is 0 Å². The Bertz CT molecular complexity index is 734. The van der Waals surface area contributed by atoms with Crippen LogP contribution >= 0.6 is 0 Å². The van der Waals surface area contributed by atoms with Gasteiger partial charge in [0.2, 0.25) is 5.91 Å². The zero-order chi connectivity index (χ0) is 19.7. The first kappa shape index (κ1) is 19.2. The molecule has 0 aliphatic carbocycles. The summed E-state index contributed by atoms with van der Waals surface area (Å²) < 4.78 is 5.41. The van der Waals surface area contributed by atoms with Crippen LogP contribution in [-0.2, 0) is 9.53 Å². The molecule has 28 heavy (non-hydrogen) atoms. The monoisotopic (exact) mass is 387 g/mol. The summed E-state index contributed by atoms with van der Waals surface area (Å²) in [6.45, 7) is 4.25. The van der Waals surface area contributed by atoms with Crippen LogP contribution in [0, 0.1) is 5.92 Å². The quantitative estimate of drug-likeness (QED) is 0.824. The SMILES string of the molecule is CCCNC(=O)N1[C@@H]2CN(C(=O)C3CCOCC3)c3ccccc3[C@@H]2[C@@H]1CO. The number of urea groups is 1. The number of anilines is 1. The third kappa shape index (κ3) is 3.16. The number of rotatable bonds is 4. The Morgan fingerprint density at radius 1 is 1.25 bits per heavy atom. The lowest BCUT2D eigenvalue weighted by atomic mass is 9.72. The number of nitrogens with one attached hydrogen (secondary N) is 1. The molecule has 3 aliphatic heterocycles. The van der Waals surface area contributed by atoms with Crippen LogP contribution in [0.2, 0.25) is 0 Å². The van der Waals surface area contributed by atoms with Gasteiger partial charge in [0, 0.05) is 43.8 Å². The fourth-order valence-electron chi connectivity index (χ4n) is 4.86. The fraction of sp³-hybridized carbons (Fsp3) is 0.619. The van der Waals surface area contributed by atoms with Crippen molar-refractivity contribution in [2.45, 2.75) is 44.2 Å². The smallest absolute Gasteiger partial charge is 0.318 e. The van der Waals surface area contributed by atoms with Crippen LogP contribution in [0.4, 0.5) is 10.5 Å². The highest BCUT2D eigenvalue weighted by Gasteiger charge is 2.55. The largest absolute Gasteiger partial charge is 0.394 e. The molecule has 0 radical (unpaired) electrons. The molecule has 0 aromatic heterocycles. The van der Waals surface area contributed by atoms with Gasteiger partial charge in [-0.25, -0.2) is 4.79 Å². The molecule has 3 heterocycles. The number of aliphatic hydroxyl groups is 1. The summed E-state index contributed by atoms with van der Waals surface area (Å²) in [5.41, 5.74) is 1.98. The highest BCUT2D eigenvalue weighted by atomic mass is 16.5. The van der Waals surface area contributed by atoms with Gasteiger partial charge in [-0.05, 0) is 30.9 Å². The van der Waals surface area contributed by atoms with Crippen molar-refractivity contribution in [1.82, 2.24) is 10.2 Å². The number of nitrogens with zero attached hydrogens (tertiary/aromatic N) is 2. The molecule has 0 bridgehead atoms. The number of fused-ring (bicyclic) bond motifs is 3. The van der Waals surface area contributed by atoms with Gasteiger partial charge in [0.05, 0.1) is 18.7 Å². The van der Waals surface area contributed by atoms with Gasteiger partial charge in [-0.2, -0.15) is 0 Å². The molecule has 0 unspecified atom stereocenters. The number of aliphatic hydroxyl groups excluding tert-OH is 1. The maximum absolute atomic E-state index is 13.3. The molecule has 3 aliphatic rings. The van der Waals surface area contributed by atoms with Gasteiger partial charge in [-0.1, -0.05) is 25.1 Å². The van der Waals surface area contributed by atoms with Crippen molar-refractivity contribution >= 4 is 17.6 Å². The van der Waals surface area contributed by atoms with Gasteiger partial charge >= 0.3 is 6.03 Å². The summed E-state index contributed by atoms with van der Waals surface area (Å²) in [4.78, 5) is 29.6. The Kier molecular flexibility index (Phi) is 5.55. The summed E-state index contributed by atoms with van der Waals surface area (Å²) >= 11 is 0. The first-order chi connectivity index (χ1) is 13.7. The molecule has 2 fully saturated rings. The van der Waals surface area contributed by atoms with Gasteiger partial charge in [0.25, 0.3) is 0 Å². The minimum Gasteiger partial charge on any atom is -0.394 e. The van der Waals surface area contributed by atoms with Crippen LogP contribution in [0.15, 0.2) is 24.3 Å². The molecule has 152 valence electrons. The molecule has 3 atom stereocenters. The number of benzene rings is 1. The highest BCUT2D eigenvalue weighted by Crippen LogP contribution is 2.48. The molecule has 0 spiro atoms. The van der Waals surface area contributed by atoms with Crippen molar-refractivity contribution in [3.63, 3.8) is 0 Å². The second kappa shape index (κ2) is 8.09. The van der Waals surface area contributed by atoms with Crippen LogP contribution in [0.25, 0.3) is 0 Å². The topological polar surface area (TPSA) is 82.1 Å². The van der Waals surface area contributed by atoms with Crippen LogP contribution in [-0.4, -0.2) is 66.9 Å². The van der Waals surface area contributed by atoms with Crippen molar-refractivity contribution < 1.29 is 19.4 Å². The standard InChI is InChI=1S/C21H29N3O4/c1-2-9-22-21(27)24-17-12-23(20(26)14-7-10-28-11-8-14)16-6-4-3-5-15(16)19(17)18(24)13-25/h3-6,14,17-19,25H,2,7-13H2,1H3,(H,22,27)/t17-,18+,19+/m1/s1. The number of hydrogen-bond acceptors (Lipinski definition) is 4. The number of carbonyl (C=O) groups excluding carboxylic acids is 2. The van der Waals surface area contributed by atoms with E-state index in [1.807, 2.05) is 36.1 Å². The summed E-state index contributed by atoms with van der Waals surface area (Å²) in [5.74, 6) is 0.150. The number of para-hydroxylation sites is 1. The van der Waals surface area contributed by atoms with E-state index in [4.69, 9.17) is 4.74 Å². The number of ether oxygens (including phenoxy) is 1. The lowest BCUT2D eigenvalue weighted by Crippen LogP contribution is -2.72. The number of amides is 3. The molecule has 7 nitrogen and oxygen atoms in total. The van der Waals surface area contributed by atoms with Crippen molar-refractivity contribution in [3.8, 4) is 0 Å². The number of likely N-dealkylation sites (tertiary alicyclic amines) is 1.